The second-order valence-electron chi connectivity index (χ2n) is 3.97. The Balaban J connectivity index is 1.86. The van der Waals surface area contributed by atoms with Crippen LogP contribution >= 0.6 is 0 Å². The number of aryl methyl sites for hydroxylation is 1. The number of fused-ring (bicyclic) bond motifs is 1. The summed E-state index contributed by atoms with van der Waals surface area (Å²) in [6, 6.07) is 7.98. The Morgan fingerprint density at radius 2 is 2.17 bits per heavy atom. The van der Waals surface area contributed by atoms with Crippen molar-refractivity contribution < 1.29 is 0 Å². The predicted octanol–water partition coefficient (Wildman–Crippen LogP) is 1.37. The molecule has 0 saturated heterocycles. The van der Waals surface area contributed by atoms with Crippen molar-refractivity contribution in [2.45, 2.75) is 6.54 Å². The van der Waals surface area contributed by atoms with Crippen molar-refractivity contribution in [1.82, 2.24) is 25.0 Å². The van der Waals surface area contributed by atoms with Gasteiger partial charge in [0, 0.05) is 17.8 Å². The number of nitrogens with one attached hydrogen (secondary N) is 1. The fraction of sp³-hybridized carbons (Fsp3) is 0.167. The molecule has 0 bridgehead atoms. The van der Waals surface area contributed by atoms with Crippen LogP contribution in [0.15, 0.2) is 36.8 Å². The Kier molecular flexibility index (Phi) is 2.60. The molecule has 0 amide bonds. The number of benzene rings is 1. The van der Waals surface area contributed by atoms with Crippen LogP contribution in [0.1, 0.15) is 5.82 Å². The highest BCUT2D eigenvalue weighted by molar-refractivity contribution is 5.90. The fourth-order valence-electron chi connectivity index (χ4n) is 1.79. The molecule has 0 unspecified atom stereocenters. The zero-order chi connectivity index (χ0) is 12.4. The van der Waals surface area contributed by atoms with Gasteiger partial charge >= 0.3 is 0 Å². The Hall–Kier alpha value is -2.50. The van der Waals surface area contributed by atoms with Crippen LogP contribution in [0.25, 0.3) is 10.8 Å². The van der Waals surface area contributed by atoms with Gasteiger partial charge < -0.3 is 5.32 Å². The lowest BCUT2D eigenvalue weighted by Crippen LogP contribution is -2.05. The molecular weight excluding hydrogens is 228 g/mol. The SMILES string of the molecule is Cn1cnc(CNc2nncc3ccccc23)n1. The highest BCUT2D eigenvalue weighted by Crippen LogP contribution is 2.19. The lowest BCUT2D eigenvalue weighted by atomic mass is 10.2. The van der Waals surface area contributed by atoms with E-state index >= 15 is 0 Å². The third-order valence-electron chi connectivity index (χ3n) is 2.63. The third-order valence-corrected chi connectivity index (χ3v) is 2.63. The van der Waals surface area contributed by atoms with Gasteiger partial charge in [0.1, 0.15) is 6.33 Å². The van der Waals surface area contributed by atoms with E-state index in [1.807, 2.05) is 31.3 Å². The summed E-state index contributed by atoms with van der Waals surface area (Å²) in [5.41, 5.74) is 0. The second kappa shape index (κ2) is 4.40. The summed E-state index contributed by atoms with van der Waals surface area (Å²) in [6.07, 6.45) is 3.42. The molecular formula is C12H12N6. The van der Waals surface area contributed by atoms with Crippen LogP contribution in [0.4, 0.5) is 5.82 Å². The van der Waals surface area contributed by atoms with Gasteiger partial charge in [0.2, 0.25) is 0 Å². The maximum atomic E-state index is 4.20. The van der Waals surface area contributed by atoms with Crippen LogP contribution in [0, 0.1) is 0 Å². The summed E-state index contributed by atoms with van der Waals surface area (Å²) in [6.45, 7) is 0.531. The number of aromatic nitrogens is 5. The van der Waals surface area contributed by atoms with E-state index in [0.29, 0.717) is 6.54 Å². The smallest absolute Gasteiger partial charge is 0.169 e. The van der Waals surface area contributed by atoms with E-state index in [4.69, 9.17) is 0 Å². The molecule has 0 atom stereocenters. The standard InChI is InChI=1S/C12H12N6/c1-18-8-14-11(17-18)7-13-12-10-5-3-2-4-9(10)6-15-16-12/h2-6,8H,7H2,1H3,(H,13,16). The number of hydrogen-bond acceptors (Lipinski definition) is 5. The van der Waals surface area contributed by atoms with Gasteiger partial charge in [-0.1, -0.05) is 24.3 Å². The third kappa shape index (κ3) is 2.00. The first-order valence-electron chi connectivity index (χ1n) is 5.62. The predicted molar refractivity (Wildman–Crippen MR) is 67.9 cm³/mol. The summed E-state index contributed by atoms with van der Waals surface area (Å²) in [5, 5.41) is 17.6. The molecule has 3 aromatic rings. The van der Waals surface area contributed by atoms with E-state index in [-0.39, 0.29) is 0 Å². The van der Waals surface area contributed by atoms with E-state index < -0.39 is 0 Å². The van der Waals surface area contributed by atoms with Crippen molar-refractivity contribution >= 4 is 16.6 Å². The minimum atomic E-state index is 0.531. The van der Waals surface area contributed by atoms with Gasteiger partial charge in [0.05, 0.1) is 12.7 Å². The molecule has 1 aromatic carbocycles. The maximum absolute atomic E-state index is 4.20. The average molecular weight is 240 g/mol. The first kappa shape index (κ1) is 10.6. The van der Waals surface area contributed by atoms with E-state index in [9.17, 15) is 0 Å². The molecule has 0 fully saturated rings. The highest BCUT2D eigenvalue weighted by Gasteiger charge is 2.04. The number of anilines is 1. The number of hydrogen-bond donors (Lipinski definition) is 1. The van der Waals surface area contributed by atoms with Crippen molar-refractivity contribution in [3.63, 3.8) is 0 Å². The van der Waals surface area contributed by atoms with Crippen LogP contribution in [-0.2, 0) is 13.6 Å². The van der Waals surface area contributed by atoms with Crippen molar-refractivity contribution in [2.75, 3.05) is 5.32 Å². The Labute approximate surface area is 104 Å². The van der Waals surface area contributed by atoms with Gasteiger partial charge in [-0.15, -0.1) is 5.10 Å². The molecule has 0 aliphatic heterocycles. The van der Waals surface area contributed by atoms with Crippen molar-refractivity contribution in [3.8, 4) is 0 Å². The van der Waals surface area contributed by atoms with Gasteiger partial charge in [-0.3, -0.25) is 4.68 Å². The molecule has 3 rings (SSSR count). The average Bonchev–Trinajstić information content (AvgIpc) is 2.82. The normalized spacial score (nSPS) is 10.7. The molecule has 0 saturated carbocycles. The minimum Gasteiger partial charge on any atom is -0.361 e. The molecule has 6 nitrogen and oxygen atoms in total. The first-order chi connectivity index (χ1) is 8.83. The minimum absolute atomic E-state index is 0.531. The largest absolute Gasteiger partial charge is 0.361 e. The van der Waals surface area contributed by atoms with Crippen LogP contribution in [-0.4, -0.2) is 25.0 Å². The lowest BCUT2D eigenvalue weighted by molar-refractivity contribution is 0.746. The molecule has 2 heterocycles. The van der Waals surface area contributed by atoms with Crippen LogP contribution in [0.2, 0.25) is 0 Å². The van der Waals surface area contributed by atoms with Crippen LogP contribution in [0.3, 0.4) is 0 Å². The quantitative estimate of drug-likeness (QED) is 0.748. The van der Waals surface area contributed by atoms with E-state index in [1.165, 1.54) is 0 Å². The highest BCUT2D eigenvalue weighted by atomic mass is 15.3. The van der Waals surface area contributed by atoms with Gasteiger partial charge in [0.15, 0.2) is 11.6 Å². The van der Waals surface area contributed by atoms with Crippen molar-refractivity contribution in [2.24, 2.45) is 7.05 Å². The molecule has 6 heteroatoms. The molecule has 0 aliphatic carbocycles. The van der Waals surface area contributed by atoms with E-state index in [0.717, 1.165) is 22.4 Å². The van der Waals surface area contributed by atoms with Crippen molar-refractivity contribution in [3.05, 3.63) is 42.6 Å². The summed E-state index contributed by atoms with van der Waals surface area (Å²) < 4.78 is 1.67. The summed E-state index contributed by atoms with van der Waals surface area (Å²) in [7, 11) is 1.84. The van der Waals surface area contributed by atoms with E-state index in [2.05, 4.69) is 25.6 Å². The zero-order valence-corrected chi connectivity index (χ0v) is 9.91. The topological polar surface area (TPSA) is 68.5 Å². The Morgan fingerprint density at radius 3 is 3.00 bits per heavy atom. The van der Waals surface area contributed by atoms with Gasteiger partial charge in [-0.2, -0.15) is 10.2 Å². The molecule has 18 heavy (non-hydrogen) atoms. The molecule has 2 aromatic heterocycles. The molecule has 0 spiro atoms. The zero-order valence-electron chi connectivity index (χ0n) is 9.91. The van der Waals surface area contributed by atoms with Gasteiger partial charge in [-0.25, -0.2) is 4.98 Å². The second-order valence-corrected chi connectivity index (χ2v) is 3.97. The monoisotopic (exact) mass is 240 g/mol. The maximum Gasteiger partial charge on any atom is 0.169 e. The number of nitrogens with zero attached hydrogens (tertiary/aromatic N) is 5. The molecule has 0 radical (unpaired) electrons. The first-order valence-corrected chi connectivity index (χ1v) is 5.62. The fourth-order valence-corrected chi connectivity index (χ4v) is 1.79. The van der Waals surface area contributed by atoms with Crippen LogP contribution < -0.4 is 5.32 Å². The summed E-state index contributed by atoms with van der Waals surface area (Å²) in [5.74, 6) is 1.48. The summed E-state index contributed by atoms with van der Waals surface area (Å²) >= 11 is 0. The molecule has 0 aliphatic rings. The number of rotatable bonds is 3. The molecule has 1 N–H and O–H groups in total. The van der Waals surface area contributed by atoms with Crippen molar-refractivity contribution in [1.29, 1.82) is 0 Å². The Bertz CT molecular complexity index is 670. The van der Waals surface area contributed by atoms with E-state index in [1.54, 1.807) is 17.2 Å². The Morgan fingerprint density at radius 1 is 1.28 bits per heavy atom. The molecule has 90 valence electrons. The van der Waals surface area contributed by atoms with Gasteiger partial charge in [0.25, 0.3) is 0 Å². The summed E-state index contributed by atoms with van der Waals surface area (Å²) in [4.78, 5) is 4.15. The van der Waals surface area contributed by atoms with Gasteiger partial charge in [-0.05, 0) is 0 Å². The van der Waals surface area contributed by atoms with Crippen LogP contribution in [0.5, 0.6) is 0 Å². The lowest BCUT2D eigenvalue weighted by Gasteiger charge is -2.05.